The third kappa shape index (κ3) is 4.54. The van der Waals surface area contributed by atoms with Crippen LogP contribution in [-0.2, 0) is 16.1 Å². The summed E-state index contributed by atoms with van der Waals surface area (Å²) < 4.78 is 11.1. The van der Waals surface area contributed by atoms with Crippen molar-refractivity contribution in [3.63, 3.8) is 0 Å². The summed E-state index contributed by atoms with van der Waals surface area (Å²) in [6.45, 7) is 7.47. The maximum Gasteiger partial charge on any atom is 0.0900 e. The highest BCUT2D eigenvalue weighted by Gasteiger charge is 2.26. The molecule has 0 spiro atoms. The van der Waals surface area contributed by atoms with Crippen molar-refractivity contribution in [3.05, 3.63) is 22.4 Å². The number of aliphatic hydroxyl groups excluding tert-OH is 1. The van der Waals surface area contributed by atoms with E-state index >= 15 is 0 Å². The minimum absolute atomic E-state index is 0.230. The maximum atomic E-state index is 10.0. The second kappa shape index (κ2) is 7.36. The molecule has 1 aromatic heterocycles. The summed E-state index contributed by atoms with van der Waals surface area (Å²) >= 11 is 1.68. The van der Waals surface area contributed by atoms with Gasteiger partial charge in [-0.05, 0) is 25.3 Å². The molecule has 0 radical (unpaired) electrons. The van der Waals surface area contributed by atoms with Crippen molar-refractivity contribution >= 4 is 11.3 Å². The molecular weight excluding hydrogens is 262 g/mol. The highest BCUT2D eigenvalue weighted by atomic mass is 32.1. The average molecular weight is 285 g/mol. The minimum atomic E-state index is -0.437. The van der Waals surface area contributed by atoms with Crippen LogP contribution in [0, 0.1) is 0 Å². The SMILES string of the molecule is CC1OCCN(CC(O)COCc2cccs2)C1C. The molecule has 2 rings (SSSR count). The van der Waals surface area contributed by atoms with E-state index in [9.17, 15) is 5.11 Å². The summed E-state index contributed by atoms with van der Waals surface area (Å²) in [6, 6.07) is 4.40. The summed E-state index contributed by atoms with van der Waals surface area (Å²) in [7, 11) is 0. The molecule has 4 nitrogen and oxygen atoms in total. The van der Waals surface area contributed by atoms with Gasteiger partial charge >= 0.3 is 0 Å². The average Bonchev–Trinajstić information content (AvgIpc) is 2.88. The number of hydrogen-bond donors (Lipinski definition) is 1. The zero-order valence-corrected chi connectivity index (χ0v) is 12.4. The predicted molar refractivity (Wildman–Crippen MR) is 76.4 cm³/mol. The van der Waals surface area contributed by atoms with Crippen LogP contribution in [0.2, 0.25) is 0 Å². The molecule has 0 aromatic carbocycles. The van der Waals surface area contributed by atoms with Crippen molar-refractivity contribution in [1.29, 1.82) is 0 Å². The first-order valence-corrected chi connectivity index (χ1v) is 7.68. The number of ether oxygens (including phenoxy) is 2. The summed E-state index contributed by atoms with van der Waals surface area (Å²) in [5.41, 5.74) is 0. The van der Waals surface area contributed by atoms with E-state index in [1.165, 1.54) is 4.88 Å². The number of nitrogens with zero attached hydrogens (tertiary/aromatic N) is 1. The molecule has 0 bridgehead atoms. The van der Waals surface area contributed by atoms with Gasteiger partial charge in [0.05, 0.1) is 32.0 Å². The summed E-state index contributed by atoms with van der Waals surface area (Å²) in [5, 5.41) is 12.1. The summed E-state index contributed by atoms with van der Waals surface area (Å²) in [4.78, 5) is 3.47. The first-order chi connectivity index (χ1) is 9.16. The molecule has 1 fully saturated rings. The molecule has 19 heavy (non-hydrogen) atoms. The number of β-amino-alcohol motifs (C(OH)–C–C–N with tert-alkyl or cyclic N) is 1. The van der Waals surface area contributed by atoms with Crippen LogP contribution in [0.25, 0.3) is 0 Å². The number of aliphatic hydroxyl groups is 1. The molecule has 0 amide bonds. The van der Waals surface area contributed by atoms with Gasteiger partial charge in [-0.3, -0.25) is 4.90 Å². The molecule has 5 heteroatoms. The molecular formula is C14H23NO3S. The molecule has 1 aliphatic heterocycles. The molecule has 3 unspecified atom stereocenters. The third-order valence-corrected chi connectivity index (χ3v) is 4.44. The Hall–Kier alpha value is -0.460. The zero-order chi connectivity index (χ0) is 13.7. The maximum absolute atomic E-state index is 10.0. The molecule has 3 atom stereocenters. The standard InChI is InChI=1S/C14H23NO3S/c1-11-12(2)18-6-5-15(11)8-13(16)9-17-10-14-4-3-7-19-14/h3-4,7,11-13,16H,5-6,8-10H2,1-2H3. The lowest BCUT2D eigenvalue weighted by molar-refractivity contribution is -0.0756. The zero-order valence-electron chi connectivity index (χ0n) is 11.6. The lowest BCUT2D eigenvalue weighted by Crippen LogP contribution is -2.51. The Labute approximate surface area is 118 Å². The van der Waals surface area contributed by atoms with E-state index in [2.05, 4.69) is 18.7 Å². The Morgan fingerprint density at radius 2 is 2.42 bits per heavy atom. The van der Waals surface area contributed by atoms with Crippen LogP contribution < -0.4 is 0 Å². The normalized spacial score (nSPS) is 26.5. The van der Waals surface area contributed by atoms with E-state index in [1.807, 2.05) is 17.5 Å². The van der Waals surface area contributed by atoms with Crippen molar-refractivity contribution in [2.45, 2.75) is 38.7 Å². The molecule has 1 aromatic rings. The van der Waals surface area contributed by atoms with Crippen LogP contribution in [-0.4, -0.2) is 54.6 Å². The van der Waals surface area contributed by atoms with E-state index in [0.717, 1.165) is 13.2 Å². The fourth-order valence-corrected chi connectivity index (χ4v) is 2.91. The van der Waals surface area contributed by atoms with Crippen molar-refractivity contribution in [3.8, 4) is 0 Å². The molecule has 0 saturated carbocycles. The lowest BCUT2D eigenvalue weighted by atomic mass is 10.1. The Morgan fingerprint density at radius 3 is 3.16 bits per heavy atom. The van der Waals surface area contributed by atoms with Crippen molar-refractivity contribution in [2.24, 2.45) is 0 Å². The van der Waals surface area contributed by atoms with Gasteiger partial charge in [-0.1, -0.05) is 6.07 Å². The van der Waals surface area contributed by atoms with Gasteiger partial charge in [-0.15, -0.1) is 11.3 Å². The highest BCUT2D eigenvalue weighted by Crippen LogP contribution is 2.14. The molecule has 1 saturated heterocycles. The van der Waals surface area contributed by atoms with Gasteiger partial charge in [-0.25, -0.2) is 0 Å². The smallest absolute Gasteiger partial charge is 0.0900 e. The van der Waals surface area contributed by atoms with Gasteiger partial charge in [0.1, 0.15) is 0 Å². The summed E-state index contributed by atoms with van der Waals surface area (Å²) in [5.74, 6) is 0. The first-order valence-electron chi connectivity index (χ1n) is 6.80. The van der Waals surface area contributed by atoms with Gasteiger partial charge in [0.25, 0.3) is 0 Å². The minimum Gasteiger partial charge on any atom is -0.389 e. The third-order valence-electron chi connectivity index (χ3n) is 3.59. The second-order valence-corrected chi connectivity index (χ2v) is 6.09. The molecule has 2 heterocycles. The van der Waals surface area contributed by atoms with Gasteiger partial charge < -0.3 is 14.6 Å². The van der Waals surface area contributed by atoms with E-state index < -0.39 is 6.10 Å². The van der Waals surface area contributed by atoms with E-state index in [1.54, 1.807) is 11.3 Å². The van der Waals surface area contributed by atoms with Crippen LogP contribution in [0.15, 0.2) is 17.5 Å². The number of rotatable bonds is 6. The van der Waals surface area contributed by atoms with Crippen LogP contribution in [0.5, 0.6) is 0 Å². The van der Waals surface area contributed by atoms with Crippen molar-refractivity contribution < 1.29 is 14.6 Å². The quantitative estimate of drug-likeness (QED) is 0.864. The number of morpholine rings is 1. The van der Waals surface area contributed by atoms with Crippen molar-refractivity contribution in [2.75, 3.05) is 26.3 Å². The second-order valence-electron chi connectivity index (χ2n) is 5.06. The Kier molecular flexibility index (Phi) is 5.78. The van der Waals surface area contributed by atoms with E-state index in [-0.39, 0.29) is 6.10 Å². The Bertz CT molecular complexity index is 358. The van der Waals surface area contributed by atoms with Gasteiger partial charge in [0, 0.05) is 24.0 Å². The van der Waals surface area contributed by atoms with Crippen molar-refractivity contribution in [1.82, 2.24) is 4.90 Å². The van der Waals surface area contributed by atoms with Gasteiger partial charge in [-0.2, -0.15) is 0 Å². The Balaban J connectivity index is 1.67. The van der Waals surface area contributed by atoms with Gasteiger partial charge in [0.15, 0.2) is 0 Å². The van der Waals surface area contributed by atoms with E-state index in [0.29, 0.717) is 25.8 Å². The van der Waals surface area contributed by atoms with Crippen LogP contribution >= 0.6 is 11.3 Å². The molecule has 0 aliphatic carbocycles. The van der Waals surface area contributed by atoms with Gasteiger partial charge in [0.2, 0.25) is 0 Å². The fourth-order valence-electron chi connectivity index (χ4n) is 2.27. The fraction of sp³-hybridized carbons (Fsp3) is 0.714. The van der Waals surface area contributed by atoms with Crippen LogP contribution in [0.1, 0.15) is 18.7 Å². The Morgan fingerprint density at radius 1 is 1.58 bits per heavy atom. The number of thiophene rings is 1. The molecule has 1 N–H and O–H groups in total. The highest BCUT2D eigenvalue weighted by molar-refractivity contribution is 7.09. The van der Waals surface area contributed by atoms with Crippen LogP contribution in [0.3, 0.4) is 0 Å². The molecule has 1 aliphatic rings. The topological polar surface area (TPSA) is 41.9 Å². The largest absolute Gasteiger partial charge is 0.389 e. The molecule has 108 valence electrons. The predicted octanol–water partition coefficient (Wildman–Crippen LogP) is 1.73. The number of hydrogen-bond acceptors (Lipinski definition) is 5. The summed E-state index contributed by atoms with van der Waals surface area (Å²) in [6.07, 6.45) is -0.208. The van der Waals surface area contributed by atoms with Crippen LogP contribution in [0.4, 0.5) is 0 Å². The lowest BCUT2D eigenvalue weighted by Gasteiger charge is -2.38. The van der Waals surface area contributed by atoms with E-state index in [4.69, 9.17) is 9.47 Å². The first kappa shape index (κ1) is 14.9. The monoisotopic (exact) mass is 285 g/mol.